The molecule has 0 N–H and O–H groups in total. The van der Waals surface area contributed by atoms with E-state index >= 15 is 0 Å². The summed E-state index contributed by atoms with van der Waals surface area (Å²) < 4.78 is 32.7. The number of carbonyl (C=O) groups excluding carboxylic acids is 1. The molecular weight excluding hydrogens is 350 g/mol. The van der Waals surface area contributed by atoms with Crippen molar-refractivity contribution in [1.82, 2.24) is 4.31 Å². The third-order valence-corrected chi connectivity index (χ3v) is 6.69. The van der Waals surface area contributed by atoms with Crippen LogP contribution in [0.5, 0.6) is 5.75 Å². The summed E-state index contributed by atoms with van der Waals surface area (Å²) in [5.74, 6) is -0.0757. The quantitative estimate of drug-likeness (QED) is 0.608. The van der Waals surface area contributed by atoms with Gasteiger partial charge < -0.3 is 4.74 Å². The topological polar surface area (TPSA) is 63.7 Å². The molecule has 1 heterocycles. The lowest BCUT2D eigenvalue weighted by atomic mass is 10.1. The van der Waals surface area contributed by atoms with Gasteiger partial charge in [-0.05, 0) is 68.5 Å². The third-order valence-electron chi connectivity index (χ3n) is 4.77. The maximum atomic E-state index is 13.0. The molecule has 2 aromatic carbocycles. The van der Waals surface area contributed by atoms with Crippen molar-refractivity contribution < 1.29 is 17.9 Å². The van der Waals surface area contributed by atoms with Crippen LogP contribution < -0.4 is 4.74 Å². The van der Waals surface area contributed by atoms with Gasteiger partial charge in [-0.3, -0.25) is 0 Å². The minimum Gasteiger partial charge on any atom is -0.425 e. The average molecular weight is 373 g/mol. The molecule has 1 atom stereocenters. The molecule has 1 aliphatic rings. The summed E-state index contributed by atoms with van der Waals surface area (Å²) in [5.41, 5.74) is 2.13. The van der Waals surface area contributed by atoms with Gasteiger partial charge in [0, 0.05) is 6.54 Å². The lowest BCUT2D eigenvalue weighted by Crippen LogP contribution is -2.49. The van der Waals surface area contributed by atoms with E-state index in [1.54, 1.807) is 42.5 Å². The summed E-state index contributed by atoms with van der Waals surface area (Å²) in [6.07, 6.45) is 2.00. The maximum Gasteiger partial charge on any atom is 0.329 e. The molecule has 138 valence electrons. The van der Waals surface area contributed by atoms with Gasteiger partial charge in [0.15, 0.2) is 0 Å². The van der Waals surface area contributed by atoms with E-state index < -0.39 is 22.0 Å². The molecule has 0 radical (unpaired) electrons. The van der Waals surface area contributed by atoms with Gasteiger partial charge in [-0.15, -0.1) is 0 Å². The van der Waals surface area contributed by atoms with E-state index in [0.29, 0.717) is 18.7 Å². The molecule has 1 fully saturated rings. The lowest BCUT2D eigenvalue weighted by molar-refractivity contribution is -0.139. The number of esters is 1. The number of nitrogens with zero attached hydrogens (tertiary/aromatic N) is 1. The van der Waals surface area contributed by atoms with Crippen LogP contribution in [0.3, 0.4) is 0 Å². The first-order chi connectivity index (χ1) is 12.4. The van der Waals surface area contributed by atoms with Crippen molar-refractivity contribution >= 4 is 16.0 Å². The smallest absolute Gasteiger partial charge is 0.329 e. The zero-order valence-electron chi connectivity index (χ0n) is 15.0. The number of benzene rings is 2. The SMILES string of the molecule is Cc1ccc(OC(=O)[C@H]2CCCCN2S(=O)(=O)c2ccccc2)cc1C. The second-order valence-corrected chi connectivity index (χ2v) is 8.50. The van der Waals surface area contributed by atoms with Crippen molar-refractivity contribution in [3.8, 4) is 5.75 Å². The highest BCUT2D eigenvalue weighted by molar-refractivity contribution is 7.89. The summed E-state index contributed by atoms with van der Waals surface area (Å²) in [7, 11) is -3.73. The third kappa shape index (κ3) is 3.81. The summed E-state index contributed by atoms with van der Waals surface area (Å²) in [6.45, 7) is 4.25. The fourth-order valence-electron chi connectivity index (χ4n) is 3.12. The Morgan fingerprint density at radius 1 is 1.04 bits per heavy atom. The highest BCUT2D eigenvalue weighted by Gasteiger charge is 2.38. The van der Waals surface area contributed by atoms with E-state index in [9.17, 15) is 13.2 Å². The summed E-state index contributed by atoms with van der Waals surface area (Å²) >= 11 is 0. The number of hydrogen-bond donors (Lipinski definition) is 0. The zero-order valence-corrected chi connectivity index (χ0v) is 15.8. The number of carbonyl (C=O) groups is 1. The van der Waals surface area contributed by atoms with Gasteiger partial charge >= 0.3 is 5.97 Å². The van der Waals surface area contributed by atoms with E-state index in [1.807, 2.05) is 19.9 Å². The minimum atomic E-state index is -3.73. The Morgan fingerprint density at radius 3 is 2.46 bits per heavy atom. The maximum absolute atomic E-state index is 13.0. The standard InChI is InChI=1S/C20H23NO4S/c1-15-11-12-17(14-16(15)2)25-20(22)19-10-6-7-13-21(19)26(23,24)18-8-4-3-5-9-18/h3-5,8-9,11-12,14,19H,6-7,10,13H2,1-2H3/t19-/m1/s1. The molecule has 0 saturated carbocycles. The van der Waals surface area contributed by atoms with Crippen LogP contribution >= 0.6 is 0 Å². The summed E-state index contributed by atoms with van der Waals surface area (Å²) in [6, 6.07) is 12.9. The monoisotopic (exact) mass is 373 g/mol. The molecule has 0 aromatic heterocycles. The van der Waals surface area contributed by atoms with Crippen LogP contribution in [-0.2, 0) is 14.8 Å². The Balaban J connectivity index is 1.84. The first kappa shape index (κ1) is 18.6. The lowest BCUT2D eigenvalue weighted by Gasteiger charge is -2.33. The first-order valence-electron chi connectivity index (χ1n) is 8.75. The predicted molar refractivity (Wildman–Crippen MR) is 99.5 cm³/mol. The van der Waals surface area contributed by atoms with Gasteiger partial charge in [0.25, 0.3) is 0 Å². The Hall–Kier alpha value is -2.18. The van der Waals surface area contributed by atoms with Crippen LogP contribution in [0.2, 0.25) is 0 Å². The molecular formula is C20H23NO4S. The van der Waals surface area contributed by atoms with Crippen LogP contribution in [0.4, 0.5) is 0 Å². The zero-order chi connectivity index (χ0) is 18.7. The van der Waals surface area contributed by atoms with Crippen molar-refractivity contribution in [2.45, 2.75) is 44.0 Å². The Labute approximate surface area is 154 Å². The molecule has 0 bridgehead atoms. The van der Waals surface area contributed by atoms with Gasteiger partial charge in [-0.1, -0.05) is 24.3 Å². The predicted octanol–water partition coefficient (Wildman–Crippen LogP) is 3.45. The molecule has 5 nitrogen and oxygen atoms in total. The van der Waals surface area contributed by atoms with Gasteiger partial charge in [-0.2, -0.15) is 4.31 Å². The fraction of sp³-hybridized carbons (Fsp3) is 0.350. The second-order valence-electron chi connectivity index (χ2n) is 6.61. The Morgan fingerprint density at radius 2 is 1.77 bits per heavy atom. The van der Waals surface area contributed by atoms with Crippen molar-refractivity contribution in [3.63, 3.8) is 0 Å². The van der Waals surface area contributed by atoms with Gasteiger partial charge in [-0.25, -0.2) is 13.2 Å². The molecule has 0 spiro atoms. The van der Waals surface area contributed by atoms with Crippen LogP contribution in [-0.4, -0.2) is 31.3 Å². The fourth-order valence-corrected chi connectivity index (χ4v) is 4.79. The number of hydrogen-bond acceptors (Lipinski definition) is 4. The number of aryl methyl sites for hydroxylation is 2. The van der Waals surface area contributed by atoms with E-state index in [0.717, 1.165) is 24.0 Å². The van der Waals surface area contributed by atoms with Crippen LogP contribution in [0, 0.1) is 13.8 Å². The summed E-state index contributed by atoms with van der Waals surface area (Å²) in [5, 5.41) is 0. The molecule has 1 saturated heterocycles. The van der Waals surface area contributed by atoms with Gasteiger partial charge in [0.2, 0.25) is 10.0 Å². The van der Waals surface area contributed by atoms with Crippen molar-refractivity contribution in [2.24, 2.45) is 0 Å². The molecule has 0 unspecified atom stereocenters. The van der Waals surface area contributed by atoms with E-state index in [4.69, 9.17) is 4.74 Å². The highest BCUT2D eigenvalue weighted by Crippen LogP contribution is 2.27. The van der Waals surface area contributed by atoms with E-state index in [2.05, 4.69) is 0 Å². The van der Waals surface area contributed by atoms with Crippen molar-refractivity contribution in [2.75, 3.05) is 6.54 Å². The molecule has 1 aliphatic heterocycles. The highest BCUT2D eigenvalue weighted by atomic mass is 32.2. The van der Waals surface area contributed by atoms with Crippen molar-refractivity contribution in [3.05, 3.63) is 59.7 Å². The normalized spacial score (nSPS) is 18.5. The van der Waals surface area contributed by atoms with Gasteiger partial charge in [0.05, 0.1) is 4.90 Å². The first-order valence-corrected chi connectivity index (χ1v) is 10.2. The van der Waals surface area contributed by atoms with Gasteiger partial charge in [0.1, 0.15) is 11.8 Å². The van der Waals surface area contributed by atoms with Crippen LogP contribution in [0.15, 0.2) is 53.4 Å². The van der Waals surface area contributed by atoms with E-state index in [1.165, 1.54) is 4.31 Å². The van der Waals surface area contributed by atoms with Crippen molar-refractivity contribution in [1.29, 1.82) is 0 Å². The molecule has 0 aliphatic carbocycles. The molecule has 0 amide bonds. The number of sulfonamides is 1. The van der Waals surface area contributed by atoms with Crippen LogP contribution in [0.25, 0.3) is 0 Å². The minimum absolute atomic E-state index is 0.200. The molecule has 6 heteroatoms. The average Bonchev–Trinajstić information content (AvgIpc) is 2.65. The second kappa shape index (κ2) is 7.60. The number of rotatable bonds is 4. The Kier molecular flexibility index (Phi) is 5.44. The Bertz CT molecular complexity index is 893. The van der Waals surface area contributed by atoms with E-state index in [-0.39, 0.29) is 4.90 Å². The molecule has 3 rings (SSSR count). The summed E-state index contributed by atoms with van der Waals surface area (Å²) in [4.78, 5) is 12.9. The number of piperidine rings is 1. The molecule has 2 aromatic rings. The number of ether oxygens (including phenoxy) is 1. The molecule has 26 heavy (non-hydrogen) atoms. The van der Waals surface area contributed by atoms with Crippen LogP contribution in [0.1, 0.15) is 30.4 Å². The largest absolute Gasteiger partial charge is 0.425 e.